The summed E-state index contributed by atoms with van der Waals surface area (Å²) >= 11 is 1.27. The molecule has 3 aromatic rings. The number of hydrogen-bond donors (Lipinski definition) is 2. The fraction of sp³-hybridized carbons (Fsp3) is 0.0526. The molecule has 144 valence electrons. The Morgan fingerprint density at radius 2 is 1.75 bits per heavy atom. The smallest absolute Gasteiger partial charge is 0.348 e. The zero-order valence-corrected chi connectivity index (χ0v) is 16.1. The maximum Gasteiger partial charge on any atom is 0.348 e. The summed E-state index contributed by atoms with van der Waals surface area (Å²) in [4.78, 5) is 25.3. The van der Waals surface area contributed by atoms with Gasteiger partial charge < -0.3 is 10.1 Å². The van der Waals surface area contributed by atoms with Crippen molar-refractivity contribution < 1.29 is 22.7 Å². The van der Waals surface area contributed by atoms with Gasteiger partial charge in [0.25, 0.3) is 5.91 Å². The molecule has 0 atom stereocenters. The third-order valence-corrected chi connectivity index (χ3v) is 5.67. The van der Waals surface area contributed by atoms with Crippen LogP contribution in [0.5, 0.6) is 0 Å². The van der Waals surface area contributed by atoms with Crippen LogP contribution < -0.4 is 10.5 Å². The van der Waals surface area contributed by atoms with Crippen LogP contribution >= 0.6 is 11.3 Å². The minimum atomic E-state index is -3.88. The number of ether oxygens (including phenoxy) is 1. The fourth-order valence-electron chi connectivity index (χ4n) is 2.36. The van der Waals surface area contributed by atoms with Gasteiger partial charge in [0.1, 0.15) is 4.88 Å². The molecule has 2 aromatic carbocycles. The van der Waals surface area contributed by atoms with Crippen LogP contribution in [0.15, 0.2) is 71.6 Å². The van der Waals surface area contributed by atoms with Crippen LogP contribution in [0.25, 0.3) is 10.4 Å². The molecule has 0 saturated heterocycles. The lowest BCUT2D eigenvalue weighted by Gasteiger charge is -2.07. The van der Waals surface area contributed by atoms with Crippen LogP contribution in [0.1, 0.15) is 9.67 Å². The first-order chi connectivity index (χ1) is 13.3. The number of carbonyl (C=O) groups excluding carboxylic acids is 2. The van der Waals surface area contributed by atoms with Gasteiger partial charge in [-0.3, -0.25) is 4.79 Å². The number of nitrogens with one attached hydrogen (secondary N) is 1. The Bertz CT molecular complexity index is 1110. The molecule has 0 saturated carbocycles. The number of esters is 1. The van der Waals surface area contributed by atoms with Crippen LogP contribution in [-0.2, 0) is 19.6 Å². The molecule has 0 unspecified atom stereocenters. The number of thiophene rings is 1. The van der Waals surface area contributed by atoms with E-state index in [0.717, 1.165) is 10.4 Å². The topological polar surface area (TPSA) is 116 Å². The van der Waals surface area contributed by atoms with E-state index < -0.39 is 28.5 Å². The van der Waals surface area contributed by atoms with Crippen molar-refractivity contribution in [3.8, 4) is 10.4 Å². The van der Waals surface area contributed by atoms with E-state index in [2.05, 4.69) is 5.32 Å². The SMILES string of the molecule is NS(=O)(=O)c1cccc(NC(=O)COC(=O)c2ccc(-c3ccccc3)s2)c1. The van der Waals surface area contributed by atoms with Gasteiger partial charge in [-0.15, -0.1) is 11.3 Å². The second kappa shape index (κ2) is 8.34. The molecule has 7 nitrogen and oxygen atoms in total. The van der Waals surface area contributed by atoms with Crippen LogP contribution in [0.2, 0.25) is 0 Å². The molecule has 9 heteroatoms. The number of rotatable bonds is 6. The molecular formula is C19H16N2O5S2. The van der Waals surface area contributed by atoms with E-state index in [1.807, 2.05) is 36.4 Å². The van der Waals surface area contributed by atoms with Gasteiger partial charge in [-0.05, 0) is 35.9 Å². The van der Waals surface area contributed by atoms with Crippen molar-refractivity contribution in [2.45, 2.75) is 4.90 Å². The monoisotopic (exact) mass is 416 g/mol. The predicted octanol–water partition coefficient (Wildman–Crippen LogP) is 2.86. The Morgan fingerprint density at radius 3 is 2.46 bits per heavy atom. The van der Waals surface area contributed by atoms with Crippen molar-refractivity contribution in [2.24, 2.45) is 5.14 Å². The molecule has 0 aliphatic heterocycles. The number of amides is 1. The molecule has 1 aromatic heterocycles. The third-order valence-electron chi connectivity index (χ3n) is 3.65. The molecule has 1 heterocycles. The Hall–Kier alpha value is -3.01. The first-order valence-corrected chi connectivity index (χ1v) is 10.4. The minimum Gasteiger partial charge on any atom is -0.451 e. The lowest BCUT2D eigenvalue weighted by Crippen LogP contribution is -2.21. The molecule has 0 radical (unpaired) electrons. The maximum absolute atomic E-state index is 12.1. The van der Waals surface area contributed by atoms with Gasteiger partial charge >= 0.3 is 5.97 Å². The standard InChI is InChI=1S/C19H16N2O5S2/c20-28(24,25)15-8-4-7-14(11-15)21-18(22)12-26-19(23)17-10-9-16(27-17)13-5-2-1-3-6-13/h1-11H,12H2,(H,21,22)(H2,20,24,25). The van der Waals surface area contributed by atoms with Gasteiger partial charge in [-0.2, -0.15) is 0 Å². The molecule has 1 amide bonds. The van der Waals surface area contributed by atoms with E-state index in [1.54, 1.807) is 6.07 Å². The maximum atomic E-state index is 12.1. The first-order valence-electron chi connectivity index (χ1n) is 8.08. The zero-order valence-electron chi connectivity index (χ0n) is 14.5. The Morgan fingerprint density at radius 1 is 1.00 bits per heavy atom. The Labute approximate surface area is 165 Å². The highest BCUT2D eigenvalue weighted by atomic mass is 32.2. The van der Waals surface area contributed by atoms with Crippen LogP contribution in [-0.4, -0.2) is 26.9 Å². The van der Waals surface area contributed by atoms with Crippen molar-refractivity contribution in [3.63, 3.8) is 0 Å². The number of hydrogen-bond acceptors (Lipinski definition) is 6. The van der Waals surface area contributed by atoms with Crippen LogP contribution in [0.3, 0.4) is 0 Å². The van der Waals surface area contributed by atoms with Crippen molar-refractivity contribution >= 4 is 38.9 Å². The average molecular weight is 416 g/mol. The van der Waals surface area contributed by atoms with Crippen molar-refractivity contribution in [3.05, 3.63) is 71.6 Å². The lowest BCUT2D eigenvalue weighted by molar-refractivity contribution is -0.119. The van der Waals surface area contributed by atoms with Crippen LogP contribution in [0.4, 0.5) is 5.69 Å². The van der Waals surface area contributed by atoms with E-state index in [4.69, 9.17) is 9.88 Å². The molecule has 0 fully saturated rings. The molecule has 0 spiro atoms. The highest BCUT2D eigenvalue weighted by Gasteiger charge is 2.14. The van der Waals surface area contributed by atoms with E-state index in [-0.39, 0.29) is 10.6 Å². The summed E-state index contributed by atoms with van der Waals surface area (Å²) < 4.78 is 27.7. The molecule has 3 N–H and O–H groups in total. The summed E-state index contributed by atoms with van der Waals surface area (Å²) in [6.45, 7) is -0.503. The summed E-state index contributed by atoms with van der Waals surface area (Å²) in [5.41, 5.74) is 1.22. The number of sulfonamides is 1. The predicted molar refractivity (Wildman–Crippen MR) is 106 cm³/mol. The van der Waals surface area contributed by atoms with Crippen molar-refractivity contribution in [1.29, 1.82) is 0 Å². The Kier molecular flexibility index (Phi) is 5.88. The van der Waals surface area contributed by atoms with E-state index in [1.165, 1.54) is 35.6 Å². The van der Waals surface area contributed by atoms with Gasteiger partial charge in [-0.1, -0.05) is 36.4 Å². The molecular weight excluding hydrogens is 400 g/mol. The lowest BCUT2D eigenvalue weighted by atomic mass is 10.2. The Balaban J connectivity index is 1.58. The highest BCUT2D eigenvalue weighted by Crippen LogP contribution is 2.28. The molecule has 0 aliphatic rings. The second-order valence-corrected chi connectivity index (χ2v) is 8.37. The highest BCUT2D eigenvalue weighted by molar-refractivity contribution is 7.89. The number of anilines is 1. The zero-order chi connectivity index (χ0) is 20.1. The van der Waals surface area contributed by atoms with Crippen LogP contribution in [0, 0.1) is 0 Å². The molecule has 0 bridgehead atoms. The van der Waals surface area contributed by atoms with E-state index in [0.29, 0.717) is 4.88 Å². The van der Waals surface area contributed by atoms with Gasteiger partial charge in [0.05, 0.1) is 4.90 Å². The molecule has 0 aliphatic carbocycles. The molecule has 3 rings (SSSR count). The second-order valence-electron chi connectivity index (χ2n) is 5.73. The quantitative estimate of drug-likeness (QED) is 0.600. The van der Waals surface area contributed by atoms with Gasteiger partial charge in [0.2, 0.25) is 10.0 Å². The third kappa shape index (κ3) is 5.03. The fourth-order valence-corrected chi connectivity index (χ4v) is 3.82. The van der Waals surface area contributed by atoms with E-state index >= 15 is 0 Å². The summed E-state index contributed by atoms with van der Waals surface area (Å²) in [6.07, 6.45) is 0. The van der Waals surface area contributed by atoms with Gasteiger partial charge in [-0.25, -0.2) is 18.4 Å². The summed E-state index contributed by atoms with van der Waals surface area (Å²) in [5, 5.41) is 7.51. The summed E-state index contributed by atoms with van der Waals surface area (Å²) in [5.74, 6) is -1.21. The van der Waals surface area contributed by atoms with Crippen molar-refractivity contribution in [1.82, 2.24) is 0 Å². The number of nitrogens with two attached hydrogens (primary N) is 1. The van der Waals surface area contributed by atoms with Gasteiger partial charge in [0.15, 0.2) is 6.61 Å². The average Bonchev–Trinajstić information content (AvgIpc) is 3.17. The van der Waals surface area contributed by atoms with Gasteiger partial charge in [0, 0.05) is 10.6 Å². The number of primary sulfonamides is 1. The summed E-state index contributed by atoms with van der Waals surface area (Å²) in [7, 11) is -3.88. The number of carbonyl (C=O) groups is 2. The first kappa shape index (κ1) is 19.7. The molecule has 28 heavy (non-hydrogen) atoms. The minimum absolute atomic E-state index is 0.130. The van der Waals surface area contributed by atoms with Crippen molar-refractivity contribution in [2.75, 3.05) is 11.9 Å². The normalized spacial score (nSPS) is 11.0. The number of benzene rings is 2. The summed E-state index contributed by atoms with van der Waals surface area (Å²) in [6, 6.07) is 18.5. The van der Waals surface area contributed by atoms with E-state index in [9.17, 15) is 18.0 Å². The largest absolute Gasteiger partial charge is 0.451 e.